The molecule has 1 aromatic rings. The van der Waals surface area contributed by atoms with Gasteiger partial charge in [-0.05, 0) is 26.8 Å². The van der Waals surface area contributed by atoms with Crippen molar-refractivity contribution in [1.29, 1.82) is 0 Å². The quantitative estimate of drug-likeness (QED) is 0.739. The summed E-state index contributed by atoms with van der Waals surface area (Å²) in [7, 11) is 1.59. The summed E-state index contributed by atoms with van der Waals surface area (Å²) in [5.74, 6) is -0.376. The summed E-state index contributed by atoms with van der Waals surface area (Å²) in [5, 5.41) is 0.438. The van der Waals surface area contributed by atoms with Gasteiger partial charge in [-0.3, -0.25) is 4.79 Å². The van der Waals surface area contributed by atoms with Crippen molar-refractivity contribution in [1.82, 2.24) is 0 Å². The molecule has 0 saturated carbocycles. The molecule has 1 heterocycles. The van der Waals surface area contributed by atoms with Crippen LogP contribution in [0.2, 0.25) is 5.02 Å². The molecule has 0 unspecified atom stereocenters. The van der Waals surface area contributed by atoms with Crippen molar-refractivity contribution in [3.05, 3.63) is 28.8 Å². The van der Waals surface area contributed by atoms with Crippen LogP contribution in [0.3, 0.4) is 0 Å². The fourth-order valence-electron chi connectivity index (χ4n) is 1.91. The monoisotopic (exact) mass is 294 g/mol. The van der Waals surface area contributed by atoms with E-state index >= 15 is 0 Å². The molecule has 0 N–H and O–H groups in total. The first kappa shape index (κ1) is 14.5. The average molecular weight is 295 g/mol. The smallest absolute Gasteiger partial charge is 0.434 e. The molecule has 20 heavy (non-hydrogen) atoms. The highest BCUT2D eigenvalue weighted by molar-refractivity contribution is 6.56. The van der Waals surface area contributed by atoms with Crippen molar-refractivity contribution >= 4 is 35.0 Å². The second-order valence-electron chi connectivity index (χ2n) is 5.44. The molecule has 1 aliphatic rings. The maximum absolute atomic E-state index is 12.1. The number of carbonyl (C=O) groups is 2. The molecule has 1 aromatic carbocycles. The van der Waals surface area contributed by atoms with Gasteiger partial charge in [0.1, 0.15) is 11.3 Å². The number of fused-ring (bicyclic) bond motifs is 1. The molecule has 1 aliphatic heterocycles. The second kappa shape index (κ2) is 4.90. The fourth-order valence-corrected chi connectivity index (χ4v) is 2.21. The molecular weight excluding hydrogens is 280 g/mol. The number of halogens is 1. The molecule has 5 nitrogen and oxygen atoms in total. The van der Waals surface area contributed by atoms with Crippen LogP contribution < -0.4 is 4.90 Å². The number of hydrogen-bond acceptors (Lipinski definition) is 3. The number of ether oxygens (including phenoxy) is 1. The zero-order valence-corrected chi connectivity index (χ0v) is 12.5. The van der Waals surface area contributed by atoms with Crippen LogP contribution in [-0.4, -0.2) is 30.4 Å². The lowest BCUT2D eigenvalue weighted by Gasteiger charge is -2.17. The van der Waals surface area contributed by atoms with Crippen LogP contribution in [0, 0.1) is 0 Å². The Morgan fingerprint density at radius 1 is 1.35 bits per heavy atom. The van der Waals surface area contributed by atoms with Crippen molar-refractivity contribution in [2.75, 3.05) is 11.9 Å². The molecule has 0 bridgehead atoms. The number of carbonyl (C=O) groups excluding carboxylic acids is 2. The second-order valence-corrected chi connectivity index (χ2v) is 5.85. The first-order chi connectivity index (χ1) is 9.20. The minimum atomic E-state index is -0.790. The number of aliphatic imine (C=N–C) groups is 1. The Bertz CT molecular complexity index is 617. The summed E-state index contributed by atoms with van der Waals surface area (Å²) >= 11 is 6.07. The average Bonchev–Trinajstić information content (AvgIpc) is 2.53. The molecule has 106 valence electrons. The Kier molecular flexibility index (Phi) is 3.56. The van der Waals surface area contributed by atoms with Crippen molar-refractivity contribution in [3.8, 4) is 0 Å². The number of nitrogens with zero attached hydrogens (tertiary/aromatic N) is 2. The van der Waals surface area contributed by atoms with Crippen LogP contribution in [0.5, 0.6) is 0 Å². The van der Waals surface area contributed by atoms with Gasteiger partial charge in [0, 0.05) is 12.6 Å². The Morgan fingerprint density at radius 2 is 2.00 bits per heavy atom. The summed E-state index contributed by atoms with van der Waals surface area (Å²) < 4.78 is 5.10. The zero-order valence-electron chi connectivity index (χ0n) is 11.7. The molecule has 0 spiro atoms. The van der Waals surface area contributed by atoms with Gasteiger partial charge in [-0.15, -0.1) is 0 Å². The summed E-state index contributed by atoms with van der Waals surface area (Å²) in [4.78, 5) is 29.0. The number of anilines is 1. The molecule has 0 radical (unpaired) electrons. The number of para-hydroxylation sites is 1. The van der Waals surface area contributed by atoms with Gasteiger partial charge in [-0.1, -0.05) is 23.7 Å². The van der Waals surface area contributed by atoms with E-state index < -0.39 is 11.7 Å². The summed E-state index contributed by atoms with van der Waals surface area (Å²) in [6.45, 7) is 5.20. The van der Waals surface area contributed by atoms with E-state index in [2.05, 4.69) is 4.99 Å². The van der Waals surface area contributed by atoms with Gasteiger partial charge in [0.2, 0.25) is 0 Å². The van der Waals surface area contributed by atoms with Gasteiger partial charge >= 0.3 is 6.09 Å². The SMILES string of the molecule is CN1C(=O)/C(=N\C(=O)OC(C)(C)C)c2cccc(Cl)c21. The lowest BCUT2D eigenvalue weighted by atomic mass is 10.1. The van der Waals surface area contributed by atoms with E-state index in [1.54, 1.807) is 46.0 Å². The highest BCUT2D eigenvalue weighted by Gasteiger charge is 2.34. The van der Waals surface area contributed by atoms with Gasteiger partial charge < -0.3 is 9.64 Å². The molecule has 0 atom stereocenters. The Hall–Kier alpha value is -1.88. The topological polar surface area (TPSA) is 59.0 Å². The molecule has 2 amide bonds. The minimum Gasteiger partial charge on any atom is -0.442 e. The third-order valence-corrected chi connectivity index (χ3v) is 2.99. The van der Waals surface area contributed by atoms with E-state index in [9.17, 15) is 9.59 Å². The normalized spacial score (nSPS) is 16.6. The van der Waals surface area contributed by atoms with Crippen molar-refractivity contribution in [2.24, 2.45) is 4.99 Å². The molecule has 2 rings (SSSR count). The third-order valence-electron chi connectivity index (χ3n) is 2.68. The minimum absolute atomic E-state index is 0.0549. The van der Waals surface area contributed by atoms with E-state index in [-0.39, 0.29) is 11.6 Å². The first-order valence-corrected chi connectivity index (χ1v) is 6.47. The van der Waals surface area contributed by atoms with Crippen LogP contribution in [0.15, 0.2) is 23.2 Å². The fraction of sp³-hybridized carbons (Fsp3) is 0.357. The van der Waals surface area contributed by atoms with Crippen LogP contribution >= 0.6 is 11.6 Å². The van der Waals surface area contributed by atoms with Crippen LogP contribution in [0.25, 0.3) is 0 Å². The zero-order chi connectivity index (χ0) is 15.1. The predicted molar refractivity (Wildman–Crippen MR) is 77.6 cm³/mol. The number of likely N-dealkylation sites (N-methyl/N-ethyl adjacent to an activating group) is 1. The van der Waals surface area contributed by atoms with Crippen molar-refractivity contribution in [3.63, 3.8) is 0 Å². The van der Waals surface area contributed by atoms with Gasteiger partial charge in [0.25, 0.3) is 5.91 Å². The first-order valence-electron chi connectivity index (χ1n) is 6.09. The summed E-state index contributed by atoms with van der Waals surface area (Å²) in [6.07, 6.45) is -0.790. The Balaban J connectivity index is 2.42. The molecular formula is C14H15ClN2O3. The molecule has 0 aromatic heterocycles. The molecule has 0 saturated heterocycles. The highest BCUT2D eigenvalue weighted by Crippen LogP contribution is 2.35. The van der Waals surface area contributed by atoms with E-state index in [0.29, 0.717) is 16.3 Å². The largest absolute Gasteiger partial charge is 0.442 e. The molecule has 0 fully saturated rings. The molecule has 6 heteroatoms. The van der Waals surface area contributed by atoms with Crippen LogP contribution in [-0.2, 0) is 9.53 Å². The number of amides is 2. The van der Waals surface area contributed by atoms with Gasteiger partial charge in [-0.25, -0.2) is 4.79 Å². The van der Waals surface area contributed by atoms with Crippen LogP contribution in [0.4, 0.5) is 10.5 Å². The summed E-state index contributed by atoms with van der Waals surface area (Å²) in [6, 6.07) is 5.09. The van der Waals surface area contributed by atoms with Gasteiger partial charge in [-0.2, -0.15) is 4.99 Å². The third kappa shape index (κ3) is 2.67. The Labute approximate surface area is 122 Å². The lowest BCUT2D eigenvalue weighted by Crippen LogP contribution is -2.28. The van der Waals surface area contributed by atoms with E-state index in [1.165, 1.54) is 4.90 Å². The number of rotatable bonds is 0. The number of hydrogen-bond donors (Lipinski definition) is 0. The van der Waals surface area contributed by atoms with E-state index in [1.807, 2.05) is 0 Å². The van der Waals surface area contributed by atoms with Gasteiger partial charge in [0.05, 0.1) is 10.7 Å². The highest BCUT2D eigenvalue weighted by atomic mass is 35.5. The lowest BCUT2D eigenvalue weighted by molar-refractivity contribution is -0.112. The van der Waals surface area contributed by atoms with Crippen molar-refractivity contribution in [2.45, 2.75) is 26.4 Å². The van der Waals surface area contributed by atoms with E-state index in [0.717, 1.165) is 0 Å². The standard InChI is InChI=1S/C14H15ClN2O3/c1-14(2,3)20-13(19)16-10-8-6-5-7-9(15)11(8)17(4)12(10)18/h5-7H,1-4H3/b16-10-. The molecule has 0 aliphatic carbocycles. The maximum Gasteiger partial charge on any atom is 0.434 e. The maximum atomic E-state index is 12.1. The predicted octanol–water partition coefficient (Wildman–Crippen LogP) is 3.04. The van der Waals surface area contributed by atoms with Crippen molar-refractivity contribution < 1.29 is 14.3 Å². The van der Waals surface area contributed by atoms with E-state index in [4.69, 9.17) is 16.3 Å². The van der Waals surface area contributed by atoms with Crippen LogP contribution in [0.1, 0.15) is 26.3 Å². The Morgan fingerprint density at radius 3 is 2.60 bits per heavy atom. The number of benzene rings is 1. The van der Waals surface area contributed by atoms with Gasteiger partial charge in [0.15, 0.2) is 0 Å². The summed E-state index contributed by atoms with van der Waals surface area (Å²) in [5.41, 5.74) is 0.489.